The average Bonchev–Trinajstić information content (AvgIpc) is 2.82. The molecule has 0 radical (unpaired) electrons. The fourth-order valence-corrected chi connectivity index (χ4v) is 3.72. The smallest absolute Gasteiger partial charge is 0.108 e. The van der Waals surface area contributed by atoms with Gasteiger partial charge in [-0.2, -0.15) is 0 Å². The van der Waals surface area contributed by atoms with Crippen LogP contribution in [0.4, 0.5) is 0 Å². The maximum absolute atomic E-state index is 10.6. The maximum Gasteiger partial charge on any atom is 0.108 e. The molecule has 3 rings (SSSR count). The number of hydrogen-bond donors (Lipinski definition) is 1. The lowest BCUT2D eigenvalue weighted by Crippen LogP contribution is -2.00. The van der Waals surface area contributed by atoms with E-state index in [-0.39, 0.29) is 0 Å². The fourth-order valence-electron chi connectivity index (χ4n) is 2.14. The van der Waals surface area contributed by atoms with Crippen LogP contribution in [0.1, 0.15) is 17.2 Å². The molecule has 0 amide bonds. The normalized spacial score (nSPS) is 12.8. The number of benzene rings is 2. The summed E-state index contributed by atoms with van der Waals surface area (Å²) in [5.41, 5.74) is 1.41. The molecule has 3 aromatic rings. The molecule has 0 aliphatic rings. The van der Waals surface area contributed by atoms with E-state index in [9.17, 15) is 5.11 Å². The number of aliphatic hydroxyl groups excluding tert-OH is 1. The van der Waals surface area contributed by atoms with E-state index in [2.05, 4.69) is 0 Å². The predicted molar refractivity (Wildman–Crippen MR) is 82.3 cm³/mol. The van der Waals surface area contributed by atoms with Crippen LogP contribution < -0.4 is 0 Å². The van der Waals surface area contributed by atoms with Crippen molar-refractivity contribution in [1.29, 1.82) is 0 Å². The standard InChI is InChI=1S/C15H10Cl2OS/c16-11-5-3-6-12(17)14(11)15(18)10-8-19-13-7-2-1-4-9(10)13/h1-8,15,18H. The van der Waals surface area contributed by atoms with Gasteiger partial charge in [-0.15, -0.1) is 11.3 Å². The van der Waals surface area contributed by atoms with Gasteiger partial charge < -0.3 is 5.11 Å². The monoisotopic (exact) mass is 308 g/mol. The minimum absolute atomic E-state index is 0.482. The van der Waals surface area contributed by atoms with E-state index in [0.717, 1.165) is 15.6 Å². The van der Waals surface area contributed by atoms with Crippen LogP contribution in [0, 0.1) is 0 Å². The van der Waals surface area contributed by atoms with Crippen LogP contribution in [-0.4, -0.2) is 5.11 Å². The van der Waals surface area contributed by atoms with E-state index >= 15 is 0 Å². The lowest BCUT2D eigenvalue weighted by Gasteiger charge is -2.14. The first-order valence-corrected chi connectivity index (χ1v) is 7.40. The second-order valence-electron chi connectivity index (χ2n) is 4.23. The second-order valence-corrected chi connectivity index (χ2v) is 5.95. The molecule has 0 bridgehead atoms. The summed E-state index contributed by atoms with van der Waals surface area (Å²) in [6.45, 7) is 0. The molecule has 1 N–H and O–H groups in total. The van der Waals surface area contributed by atoms with Crippen molar-refractivity contribution in [2.24, 2.45) is 0 Å². The number of aliphatic hydroxyl groups is 1. The molecule has 0 spiro atoms. The first-order valence-electron chi connectivity index (χ1n) is 5.76. The summed E-state index contributed by atoms with van der Waals surface area (Å²) in [5.74, 6) is 0. The molecule has 0 saturated heterocycles. The number of hydrogen-bond acceptors (Lipinski definition) is 2. The minimum atomic E-state index is -0.808. The highest BCUT2D eigenvalue weighted by Crippen LogP contribution is 2.38. The summed E-state index contributed by atoms with van der Waals surface area (Å²) < 4.78 is 1.14. The summed E-state index contributed by atoms with van der Waals surface area (Å²) in [7, 11) is 0. The van der Waals surface area contributed by atoms with Crippen LogP contribution in [0.3, 0.4) is 0 Å². The fraction of sp³-hybridized carbons (Fsp3) is 0.0667. The zero-order chi connectivity index (χ0) is 13.4. The van der Waals surface area contributed by atoms with E-state index in [1.54, 1.807) is 29.5 Å². The van der Waals surface area contributed by atoms with Crippen molar-refractivity contribution in [2.75, 3.05) is 0 Å². The molecule has 1 unspecified atom stereocenters. The highest BCUT2D eigenvalue weighted by Gasteiger charge is 2.20. The number of halogens is 2. The number of fused-ring (bicyclic) bond motifs is 1. The number of rotatable bonds is 2. The predicted octanol–water partition coefficient (Wildman–Crippen LogP) is 5.29. The van der Waals surface area contributed by atoms with Crippen LogP contribution >= 0.6 is 34.5 Å². The van der Waals surface area contributed by atoms with Gasteiger partial charge in [0.2, 0.25) is 0 Å². The Bertz CT molecular complexity index is 716. The molecule has 0 aliphatic heterocycles. The van der Waals surface area contributed by atoms with E-state index in [1.807, 2.05) is 29.6 Å². The third-order valence-corrected chi connectivity index (χ3v) is 4.72. The topological polar surface area (TPSA) is 20.2 Å². The summed E-state index contributed by atoms with van der Waals surface area (Å²) in [5, 5.41) is 14.5. The molecule has 1 nitrogen and oxygen atoms in total. The highest BCUT2D eigenvalue weighted by atomic mass is 35.5. The van der Waals surface area contributed by atoms with Gasteiger partial charge in [0.15, 0.2) is 0 Å². The van der Waals surface area contributed by atoms with E-state index in [0.29, 0.717) is 15.6 Å². The molecule has 1 aromatic heterocycles. The van der Waals surface area contributed by atoms with Crippen LogP contribution in [0.15, 0.2) is 47.8 Å². The van der Waals surface area contributed by atoms with E-state index in [4.69, 9.17) is 23.2 Å². The Morgan fingerprint density at radius 2 is 1.63 bits per heavy atom. The summed E-state index contributed by atoms with van der Waals surface area (Å²) >= 11 is 13.9. The maximum atomic E-state index is 10.6. The van der Waals surface area contributed by atoms with Crippen molar-refractivity contribution in [2.45, 2.75) is 6.10 Å². The van der Waals surface area contributed by atoms with Crippen molar-refractivity contribution in [3.8, 4) is 0 Å². The van der Waals surface area contributed by atoms with Gasteiger partial charge in [-0.25, -0.2) is 0 Å². The first-order chi connectivity index (χ1) is 9.18. The molecule has 0 aliphatic carbocycles. The van der Waals surface area contributed by atoms with Crippen LogP contribution in [0.2, 0.25) is 10.0 Å². The molecular formula is C15H10Cl2OS. The van der Waals surface area contributed by atoms with Crippen molar-refractivity contribution >= 4 is 44.6 Å². The van der Waals surface area contributed by atoms with Gasteiger partial charge in [-0.3, -0.25) is 0 Å². The molecule has 0 fully saturated rings. The summed E-state index contributed by atoms with van der Waals surface area (Å²) in [6, 6.07) is 13.2. The zero-order valence-electron chi connectivity index (χ0n) is 9.81. The van der Waals surface area contributed by atoms with E-state index in [1.165, 1.54) is 0 Å². The third kappa shape index (κ3) is 2.26. The molecule has 19 heavy (non-hydrogen) atoms. The van der Waals surface area contributed by atoms with Crippen LogP contribution in [0.5, 0.6) is 0 Å². The lowest BCUT2D eigenvalue weighted by molar-refractivity contribution is 0.222. The Balaban J connectivity index is 2.16. The molecule has 0 saturated carbocycles. The highest BCUT2D eigenvalue weighted by molar-refractivity contribution is 7.17. The van der Waals surface area contributed by atoms with Gasteiger partial charge in [0.05, 0.1) is 0 Å². The Kier molecular flexibility index (Phi) is 3.50. The van der Waals surface area contributed by atoms with Gasteiger partial charge in [-0.1, -0.05) is 47.5 Å². The molecule has 1 heterocycles. The third-order valence-electron chi connectivity index (χ3n) is 3.08. The number of thiophene rings is 1. The molecular weight excluding hydrogens is 299 g/mol. The van der Waals surface area contributed by atoms with Crippen LogP contribution in [-0.2, 0) is 0 Å². The summed E-state index contributed by atoms with van der Waals surface area (Å²) in [6.07, 6.45) is -0.808. The van der Waals surface area contributed by atoms with E-state index < -0.39 is 6.10 Å². The van der Waals surface area contributed by atoms with Gasteiger partial charge in [0, 0.05) is 25.9 Å². The first kappa shape index (κ1) is 12.9. The molecule has 1 atom stereocenters. The molecule has 96 valence electrons. The average molecular weight is 309 g/mol. The second kappa shape index (κ2) is 5.14. The quantitative estimate of drug-likeness (QED) is 0.682. The van der Waals surface area contributed by atoms with Gasteiger partial charge in [0.1, 0.15) is 6.10 Å². The van der Waals surface area contributed by atoms with Crippen LogP contribution in [0.25, 0.3) is 10.1 Å². The SMILES string of the molecule is OC(c1c(Cl)cccc1Cl)c1csc2ccccc12. The Morgan fingerprint density at radius 3 is 2.37 bits per heavy atom. The zero-order valence-corrected chi connectivity index (χ0v) is 12.1. The Morgan fingerprint density at radius 1 is 0.947 bits per heavy atom. The van der Waals surface area contributed by atoms with Crippen molar-refractivity contribution in [3.05, 3.63) is 69.0 Å². The lowest BCUT2D eigenvalue weighted by atomic mass is 10.0. The summed E-state index contributed by atoms with van der Waals surface area (Å²) in [4.78, 5) is 0. The van der Waals surface area contributed by atoms with Crippen molar-refractivity contribution in [1.82, 2.24) is 0 Å². The largest absolute Gasteiger partial charge is 0.383 e. The minimum Gasteiger partial charge on any atom is -0.383 e. The molecule has 4 heteroatoms. The van der Waals surface area contributed by atoms with Gasteiger partial charge in [-0.05, 0) is 29.0 Å². The van der Waals surface area contributed by atoms with Crippen molar-refractivity contribution < 1.29 is 5.11 Å². The van der Waals surface area contributed by atoms with Crippen molar-refractivity contribution in [3.63, 3.8) is 0 Å². The Labute approximate surface area is 125 Å². The van der Waals surface area contributed by atoms with Gasteiger partial charge >= 0.3 is 0 Å². The van der Waals surface area contributed by atoms with Gasteiger partial charge in [0.25, 0.3) is 0 Å². The Hall–Kier alpha value is -1.06. The molecule has 2 aromatic carbocycles.